The van der Waals surface area contributed by atoms with Crippen LogP contribution in [0.5, 0.6) is 0 Å². The minimum absolute atomic E-state index is 0.114. The maximum atomic E-state index is 6.22. The van der Waals surface area contributed by atoms with Gasteiger partial charge < -0.3 is 5.73 Å². The Bertz CT molecular complexity index is 557. The Hall–Kier alpha value is -0.540. The van der Waals surface area contributed by atoms with Crippen LogP contribution in [0.2, 0.25) is 10.0 Å². The van der Waals surface area contributed by atoms with Gasteiger partial charge in [-0.15, -0.1) is 0 Å². The van der Waals surface area contributed by atoms with E-state index in [4.69, 9.17) is 28.9 Å². The van der Waals surface area contributed by atoms with Gasteiger partial charge in [0, 0.05) is 20.6 Å². The van der Waals surface area contributed by atoms with Gasteiger partial charge in [0.05, 0.1) is 0 Å². The normalized spacial score (nSPS) is 12.4. The quantitative estimate of drug-likeness (QED) is 0.833. The molecule has 0 fully saturated rings. The van der Waals surface area contributed by atoms with Crippen molar-refractivity contribution in [3.05, 3.63) is 68.1 Å². The van der Waals surface area contributed by atoms with Gasteiger partial charge in [-0.25, -0.2) is 0 Å². The molecule has 0 aromatic heterocycles. The zero-order chi connectivity index (χ0) is 13.1. The number of nitrogens with two attached hydrogens (primary N) is 1. The fraction of sp³-hybridized carbons (Fsp3) is 0.143. The Balaban J connectivity index is 2.22. The third-order valence-corrected chi connectivity index (χ3v) is 4.05. The molecular formula is C14H12BrCl2N. The second kappa shape index (κ2) is 6.07. The van der Waals surface area contributed by atoms with Crippen molar-refractivity contribution in [2.24, 2.45) is 5.73 Å². The predicted molar refractivity (Wildman–Crippen MR) is 81.2 cm³/mol. The third kappa shape index (κ3) is 3.27. The van der Waals surface area contributed by atoms with Crippen LogP contribution in [0.1, 0.15) is 17.2 Å². The average Bonchev–Trinajstić information content (AvgIpc) is 2.32. The van der Waals surface area contributed by atoms with Crippen molar-refractivity contribution in [2.45, 2.75) is 12.5 Å². The summed E-state index contributed by atoms with van der Waals surface area (Å²) in [6.07, 6.45) is 0.694. The third-order valence-electron chi connectivity index (χ3n) is 2.76. The average molecular weight is 345 g/mol. The number of halogens is 3. The van der Waals surface area contributed by atoms with Gasteiger partial charge in [-0.3, -0.25) is 0 Å². The molecule has 2 rings (SSSR count). The molecule has 0 spiro atoms. The maximum absolute atomic E-state index is 6.22. The molecule has 0 heterocycles. The molecule has 0 radical (unpaired) electrons. The van der Waals surface area contributed by atoms with Crippen molar-refractivity contribution in [1.82, 2.24) is 0 Å². The molecule has 94 valence electrons. The summed E-state index contributed by atoms with van der Waals surface area (Å²) in [5, 5.41) is 1.44. The number of hydrogen-bond acceptors (Lipinski definition) is 1. The lowest BCUT2D eigenvalue weighted by molar-refractivity contribution is 0.718. The number of benzene rings is 2. The highest BCUT2D eigenvalue weighted by Crippen LogP contribution is 2.28. The molecule has 0 aliphatic heterocycles. The molecule has 0 bridgehead atoms. The first-order chi connectivity index (χ1) is 8.58. The summed E-state index contributed by atoms with van der Waals surface area (Å²) in [7, 11) is 0. The Kier molecular flexibility index (Phi) is 4.68. The first-order valence-electron chi connectivity index (χ1n) is 5.52. The van der Waals surface area contributed by atoms with Crippen LogP contribution in [0.3, 0.4) is 0 Å². The summed E-state index contributed by atoms with van der Waals surface area (Å²) in [4.78, 5) is 0. The van der Waals surface area contributed by atoms with E-state index in [0.717, 1.165) is 20.6 Å². The van der Waals surface area contributed by atoms with Crippen molar-refractivity contribution in [3.8, 4) is 0 Å². The van der Waals surface area contributed by atoms with Gasteiger partial charge in [0.2, 0.25) is 0 Å². The van der Waals surface area contributed by atoms with E-state index in [0.29, 0.717) is 11.4 Å². The first kappa shape index (κ1) is 13.9. The smallest absolute Gasteiger partial charge is 0.0438 e. The van der Waals surface area contributed by atoms with Gasteiger partial charge >= 0.3 is 0 Å². The molecule has 0 aliphatic carbocycles. The second-order valence-electron chi connectivity index (χ2n) is 4.07. The molecule has 0 amide bonds. The van der Waals surface area contributed by atoms with Crippen LogP contribution in [0.4, 0.5) is 0 Å². The molecule has 4 heteroatoms. The Morgan fingerprint density at radius 3 is 2.50 bits per heavy atom. The monoisotopic (exact) mass is 343 g/mol. The summed E-state index contributed by atoms with van der Waals surface area (Å²) in [6, 6.07) is 13.3. The molecule has 0 saturated heterocycles. The van der Waals surface area contributed by atoms with Crippen LogP contribution >= 0.6 is 39.1 Å². The molecule has 18 heavy (non-hydrogen) atoms. The highest BCUT2D eigenvalue weighted by atomic mass is 79.9. The molecule has 1 nitrogen and oxygen atoms in total. The minimum atomic E-state index is -0.114. The van der Waals surface area contributed by atoms with Crippen molar-refractivity contribution in [3.63, 3.8) is 0 Å². The van der Waals surface area contributed by atoms with Crippen molar-refractivity contribution in [2.75, 3.05) is 0 Å². The summed E-state index contributed by atoms with van der Waals surface area (Å²) in [5.74, 6) is 0. The van der Waals surface area contributed by atoms with E-state index in [2.05, 4.69) is 15.9 Å². The standard InChI is InChI=1S/C14H12BrCl2N/c15-12-8-10(16)5-6-11(12)14(18)7-9-3-1-2-4-13(9)17/h1-6,8,14H,7,18H2. The van der Waals surface area contributed by atoms with Gasteiger partial charge in [-0.2, -0.15) is 0 Å². The SMILES string of the molecule is NC(Cc1ccccc1Cl)c1ccc(Cl)cc1Br. The summed E-state index contributed by atoms with van der Waals surface area (Å²) >= 11 is 15.5. The van der Waals surface area contributed by atoms with Crippen LogP contribution in [-0.2, 0) is 6.42 Å². The van der Waals surface area contributed by atoms with Crippen molar-refractivity contribution in [1.29, 1.82) is 0 Å². The van der Waals surface area contributed by atoms with Gasteiger partial charge in [0.25, 0.3) is 0 Å². The highest BCUT2D eigenvalue weighted by molar-refractivity contribution is 9.10. The lowest BCUT2D eigenvalue weighted by Crippen LogP contribution is -2.14. The first-order valence-corrected chi connectivity index (χ1v) is 7.07. The summed E-state index contributed by atoms with van der Waals surface area (Å²) in [5.41, 5.74) is 8.29. The van der Waals surface area contributed by atoms with Crippen LogP contribution in [0.25, 0.3) is 0 Å². The van der Waals surface area contributed by atoms with Crippen LogP contribution < -0.4 is 5.73 Å². The van der Waals surface area contributed by atoms with Gasteiger partial charge in [-0.05, 0) is 35.7 Å². The second-order valence-corrected chi connectivity index (χ2v) is 5.77. The lowest BCUT2D eigenvalue weighted by Gasteiger charge is -2.15. The molecule has 0 aliphatic rings. The fourth-order valence-electron chi connectivity index (χ4n) is 1.81. The Morgan fingerprint density at radius 2 is 1.83 bits per heavy atom. The maximum Gasteiger partial charge on any atom is 0.0438 e. The molecule has 1 unspecified atom stereocenters. The highest BCUT2D eigenvalue weighted by Gasteiger charge is 2.12. The minimum Gasteiger partial charge on any atom is -0.324 e. The zero-order valence-corrected chi connectivity index (χ0v) is 12.6. The van der Waals surface area contributed by atoms with Crippen molar-refractivity contribution >= 4 is 39.1 Å². The number of rotatable bonds is 3. The molecule has 2 N–H and O–H groups in total. The molecular weight excluding hydrogens is 333 g/mol. The fourth-order valence-corrected chi connectivity index (χ4v) is 3.00. The molecule has 1 atom stereocenters. The Morgan fingerprint density at radius 1 is 1.11 bits per heavy atom. The molecule has 2 aromatic carbocycles. The van der Waals surface area contributed by atoms with Crippen LogP contribution in [-0.4, -0.2) is 0 Å². The van der Waals surface area contributed by atoms with Crippen molar-refractivity contribution < 1.29 is 0 Å². The van der Waals surface area contributed by atoms with E-state index in [-0.39, 0.29) is 6.04 Å². The van der Waals surface area contributed by atoms with Crippen LogP contribution in [0.15, 0.2) is 46.9 Å². The summed E-state index contributed by atoms with van der Waals surface area (Å²) < 4.78 is 0.926. The summed E-state index contributed by atoms with van der Waals surface area (Å²) in [6.45, 7) is 0. The molecule has 2 aromatic rings. The number of hydrogen-bond donors (Lipinski definition) is 1. The van der Waals surface area contributed by atoms with Gasteiger partial charge in [0.15, 0.2) is 0 Å². The zero-order valence-electron chi connectivity index (χ0n) is 9.54. The van der Waals surface area contributed by atoms with E-state index in [9.17, 15) is 0 Å². The topological polar surface area (TPSA) is 26.0 Å². The van der Waals surface area contributed by atoms with E-state index in [1.54, 1.807) is 0 Å². The van der Waals surface area contributed by atoms with E-state index in [1.165, 1.54) is 0 Å². The van der Waals surface area contributed by atoms with Gasteiger partial charge in [0.1, 0.15) is 0 Å². The molecule has 0 saturated carbocycles. The lowest BCUT2D eigenvalue weighted by atomic mass is 10.00. The van der Waals surface area contributed by atoms with E-state index >= 15 is 0 Å². The largest absolute Gasteiger partial charge is 0.324 e. The predicted octanol–water partition coefficient (Wildman–Crippen LogP) is 5.00. The van der Waals surface area contributed by atoms with E-state index in [1.807, 2.05) is 42.5 Å². The van der Waals surface area contributed by atoms with Gasteiger partial charge in [-0.1, -0.05) is 63.4 Å². The van der Waals surface area contributed by atoms with E-state index < -0.39 is 0 Å². The van der Waals surface area contributed by atoms with Crippen LogP contribution in [0, 0.1) is 0 Å². The Labute approximate surface area is 125 Å².